The lowest BCUT2D eigenvalue weighted by atomic mass is 10.0. The number of likely N-dealkylation sites (N-methyl/N-ethyl adjacent to an activating group) is 1. The van der Waals surface area contributed by atoms with E-state index in [1.165, 1.54) is 6.92 Å². The molecule has 0 rings (SSSR count). The first-order chi connectivity index (χ1) is 17.3. The standard InChI is InChI=1S/C15H29N3O3.C6H12N2O2.C3H9N.C2H6/c1-9(2)7-13(12(6)20)16-15(21)11(5)17-18-14(8-19)10(3)4;1-8-5(4-9)2-3-6(7)10;1-2-3-4;1-2/h8-11,13-14,17-18H,7H2,1-6H3,(H,16,21);4-5,8H,2-3H2,1H3,(H2,7,10);2-4H2,1H3;1-2H3/t11?,13-,14+;5-;;/m00../s1. The summed E-state index contributed by atoms with van der Waals surface area (Å²) in [6, 6.07) is -1.61. The fraction of sp³-hybridized carbons (Fsp3) is 0.808. The molecule has 37 heavy (non-hydrogen) atoms. The Hall–Kier alpha value is -2.21. The lowest BCUT2D eigenvalue weighted by Crippen LogP contribution is -2.55. The third-order valence-corrected chi connectivity index (χ3v) is 4.76. The van der Waals surface area contributed by atoms with Crippen molar-refractivity contribution in [2.75, 3.05) is 13.6 Å². The number of aldehydes is 2. The SMILES string of the molecule is CC.CC(=O)[C@H](CC(C)C)NC(=O)C(C)NN[C@H](C=O)C(C)C.CCCN.CN[C@H](C=O)CCC(N)=O. The highest BCUT2D eigenvalue weighted by Crippen LogP contribution is 2.06. The van der Waals surface area contributed by atoms with Crippen LogP contribution in [0.5, 0.6) is 0 Å². The first kappa shape index (κ1) is 41.9. The average Bonchev–Trinajstić information content (AvgIpc) is 2.85. The number of carbonyl (C=O) groups is 5. The fourth-order valence-corrected chi connectivity index (χ4v) is 2.32. The first-order valence-corrected chi connectivity index (χ1v) is 13.2. The van der Waals surface area contributed by atoms with Gasteiger partial charge in [-0.15, -0.1) is 0 Å². The molecule has 0 aliphatic rings. The monoisotopic (exact) mass is 532 g/mol. The highest BCUT2D eigenvalue weighted by Gasteiger charge is 2.22. The molecule has 0 radical (unpaired) electrons. The number of ketones is 1. The molecule has 1 unspecified atom stereocenters. The quantitative estimate of drug-likeness (QED) is 0.126. The number of hydrogen-bond acceptors (Lipinski definition) is 9. The summed E-state index contributed by atoms with van der Waals surface area (Å²) in [7, 11) is 1.67. The lowest BCUT2D eigenvalue weighted by Gasteiger charge is -2.23. The minimum Gasteiger partial charge on any atom is -0.370 e. The molecule has 2 amide bonds. The Balaban J connectivity index is -0.000000281. The fourth-order valence-electron chi connectivity index (χ4n) is 2.32. The molecule has 220 valence electrons. The van der Waals surface area contributed by atoms with Gasteiger partial charge in [0.25, 0.3) is 0 Å². The van der Waals surface area contributed by atoms with Gasteiger partial charge >= 0.3 is 0 Å². The lowest BCUT2D eigenvalue weighted by molar-refractivity contribution is -0.128. The molecule has 0 fully saturated rings. The van der Waals surface area contributed by atoms with Crippen molar-refractivity contribution < 1.29 is 24.0 Å². The van der Waals surface area contributed by atoms with Crippen LogP contribution in [0.4, 0.5) is 0 Å². The summed E-state index contributed by atoms with van der Waals surface area (Å²) in [5.74, 6) is -0.249. The van der Waals surface area contributed by atoms with Gasteiger partial charge in [-0.25, -0.2) is 10.9 Å². The summed E-state index contributed by atoms with van der Waals surface area (Å²) in [4.78, 5) is 54.8. The molecule has 0 aromatic rings. The third kappa shape index (κ3) is 28.2. The molecule has 0 saturated carbocycles. The predicted octanol–water partition coefficient (Wildman–Crippen LogP) is 1.23. The highest BCUT2D eigenvalue weighted by molar-refractivity contribution is 5.89. The molecule has 0 saturated heterocycles. The summed E-state index contributed by atoms with van der Waals surface area (Å²) in [6.07, 6.45) is 4.02. The van der Waals surface area contributed by atoms with E-state index in [0.29, 0.717) is 18.8 Å². The highest BCUT2D eigenvalue weighted by atomic mass is 16.2. The van der Waals surface area contributed by atoms with E-state index >= 15 is 0 Å². The maximum absolute atomic E-state index is 12.1. The van der Waals surface area contributed by atoms with E-state index in [0.717, 1.165) is 25.5 Å². The number of rotatable bonds is 16. The van der Waals surface area contributed by atoms with Crippen molar-refractivity contribution >= 4 is 30.2 Å². The molecule has 0 heterocycles. The number of nitrogens with one attached hydrogen (secondary N) is 4. The van der Waals surface area contributed by atoms with Gasteiger partial charge in [-0.1, -0.05) is 48.5 Å². The Bertz CT molecular complexity index is 600. The maximum atomic E-state index is 12.1. The second-order valence-corrected chi connectivity index (χ2v) is 9.04. The van der Waals surface area contributed by atoms with Crippen LogP contribution in [-0.2, 0) is 24.0 Å². The molecule has 0 spiro atoms. The molecular formula is C26H56N6O5. The van der Waals surface area contributed by atoms with Gasteiger partial charge < -0.3 is 31.7 Å². The van der Waals surface area contributed by atoms with Gasteiger partial charge in [-0.2, -0.15) is 0 Å². The van der Waals surface area contributed by atoms with Crippen LogP contribution in [0.2, 0.25) is 0 Å². The van der Waals surface area contributed by atoms with E-state index in [1.807, 2.05) is 41.5 Å². The second-order valence-electron chi connectivity index (χ2n) is 9.04. The van der Waals surface area contributed by atoms with Crippen molar-refractivity contribution in [1.29, 1.82) is 0 Å². The van der Waals surface area contributed by atoms with Crippen LogP contribution < -0.4 is 33.0 Å². The molecule has 0 aromatic heterocycles. The molecule has 0 aromatic carbocycles. The largest absolute Gasteiger partial charge is 0.370 e. The molecule has 4 atom stereocenters. The summed E-state index contributed by atoms with van der Waals surface area (Å²) in [6.45, 7) is 17.9. The zero-order chi connectivity index (χ0) is 30.0. The Morgan fingerprint density at radius 3 is 1.76 bits per heavy atom. The topological polar surface area (TPSA) is 186 Å². The van der Waals surface area contributed by atoms with Crippen LogP contribution in [-0.4, -0.2) is 67.9 Å². The van der Waals surface area contributed by atoms with Crippen LogP contribution >= 0.6 is 0 Å². The average molecular weight is 533 g/mol. The van der Waals surface area contributed by atoms with Gasteiger partial charge in [0.05, 0.1) is 24.2 Å². The van der Waals surface area contributed by atoms with E-state index in [4.69, 9.17) is 11.5 Å². The van der Waals surface area contributed by atoms with Crippen molar-refractivity contribution in [2.45, 2.75) is 112 Å². The van der Waals surface area contributed by atoms with E-state index in [1.54, 1.807) is 14.0 Å². The molecule has 0 aliphatic carbocycles. The number of hydrogen-bond donors (Lipinski definition) is 6. The summed E-state index contributed by atoms with van der Waals surface area (Å²) < 4.78 is 0. The number of hydrazine groups is 1. The van der Waals surface area contributed by atoms with Crippen molar-refractivity contribution in [1.82, 2.24) is 21.5 Å². The van der Waals surface area contributed by atoms with Crippen molar-refractivity contribution in [3.05, 3.63) is 0 Å². The van der Waals surface area contributed by atoms with Crippen molar-refractivity contribution in [2.24, 2.45) is 23.3 Å². The Kier molecular flexibility index (Phi) is 32.1. The number of carbonyl (C=O) groups excluding carboxylic acids is 5. The molecule has 8 N–H and O–H groups in total. The molecule has 0 aliphatic heterocycles. The summed E-state index contributed by atoms with van der Waals surface area (Å²) in [5, 5.41) is 5.47. The summed E-state index contributed by atoms with van der Waals surface area (Å²) >= 11 is 0. The Morgan fingerprint density at radius 2 is 1.46 bits per heavy atom. The zero-order valence-corrected chi connectivity index (χ0v) is 24.9. The first-order valence-electron chi connectivity index (χ1n) is 13.2. The molecule has 11 nitrogen and oxygen atoms in total. The van der Waals surface area contributed by atoms with Crippen LogP contribution in [0.1, 0.15) is 88.0 Å². The number of amides is 2. The van der Waals surface area contributed by atoms with Gasteiger partial charge in [0.2, 0.25) is 11.8 Å². The van der Waals surface area contributed by atoms with Crippen molar-refractivity contribution in [3.63, 3.8) is 0 Å². The number of Topliss-reactive ketones (excluding diaryl/α,β-unsaturated/α-hetero) is 1. The maximum Gasteiger partial charge on any atom is 0.238 e. The van der Waals surface area contributed by atoms with Crippen LogP contribution in [0.3, 0.4) is 0 Å². The number of primary amides is 1. The van der Waals surface area contributed by atoms with Gasteiger partial charge in [-0.3, -0.25) is 14.4 Å². The van der Waals surface area contributed by atoms with Gasteiger partial charge in [-0.05, 0) is 58.5 Å². The zero-order valence-electron chi connectivity index (χ0n) is 24.9. The molecular weight excluding hydrogens is 476 g/mol. The number of nitrogens with two attached hydrogens (primary N) is 2. The van der Waals surface area contributed by atoms with Crippen LogP contribution in [0, 0.1) is 11.8 Å². The minimum atomic E-state index is -0.541. The van der Waals surface area contributed by atoms with Gasteiger partial charge in [0.15, 0.2) is 5.78 Å². The minimum absolute atomic E-state index is 0.0508. The van der Waals surface area contributed by atoms with Gasteiger partial charge in [0, 0.05) is 6.42 Å². The Morgan fingerprint density at radius 1 is 0.946 bits per heavy atom. The van der Waals surface area contributed by atoms with E-state index < -0.39 is 12.1 Å². The van der Waals surface area contributed by atoms with Crippen molar-refractivity contribution in [3.8, 4) is 0 Å². The second kappa shape index (κ2) is 28.4. The molecule has 11 heteroatoms. The normalized spacial score (nSPS) is 13.2. The molecule has 0 bridgehead atoms. The summed E-state index contributed by atoms with van der Waals surface area (Å²) in [5.41, 5.74) is 15.5. The van der Waals surface area contributed by atoms with Gasteiger partial charge in [0.1, 0.15) is 12.6 Å². The van der Waals surface area contributed by atoms with Crippen LogP contribution in [0.15, 0.2) is 0 Å². The predicted molar refractivity (Wildman–Crippen MR) is 151 cm³/mol. The van der Waals surface area contributed by atoms with E-state index in [9.17, 15) is 24.0 Å². The smallest absolute Gasteiger partial charge is 0.238 e. The Labute approximate surface area is 225 Å². The van der Waals surface area contributed by atoms with E-state index in [2.05, 4.69) is 28.4 Å². The van der Waals surface area contributed by atoms with Crippen LogP contribution in [0.25, 0.3) is 0 Å². The van der Waals surface area contributed by atoms with E-state index in [-0.39, 0.29) is 42.0 Å². The third-order valence-electron chi connectivity index (χ3n) is 4.76.